The van der Waals surface area contributed by atoms with Crippen LogP contribution in [0.5, 0.6) is 0 Å². The van der Waals surface area contributed by atoms with Crippen LogP contribution in [-0.4, -0.2) is 37.5 Å². The zero-order valence-corrected chi connectivity index (χ0v) is 15.7. The van der Waals surface area contributed by atoms with Crippen molar-refractivity contribution in [3.8, 4) is 11.4 Å². The van der Waals surface area contributed by atoms with Crippen molar-refractivity contribution in [1.82, 2.24) is 25.0 Å². The summed E-state index contributed by atoms with van der Waals surface area (Å²) in [4.78, 5) is 27.5. The molecule has 28 heavy (non-hydrogen) atoms. The Bertz CT molecular complexity index is 897. The average Bonchev–Trinajstić information content (AvgIpc) is 3.24. The van der Waals surface area contributed by atoms with E-state index in [0.29, 0.717) is 31.0 Å². The molecule has 0 saturated carbocycles. The van der Waals surface area contributed by atoms with E-state index in [-0.39, 0.29) is 11.9 Å². The Morgan fingerprint density at radius 2 is 2.00 bits per heavy atom. The number of amides is 1. The van der Waals surface area contributed by atoms with Crippen LogP contribution in [0, 0.1) is 0 Å². The molecule has 0 unspecified atom stereocenters. The second-order valence-electron chi connectivity index (χ2n) is 6.99. The summed E-state index contributed by atoms with van der Waals surface area (Å²) in [6.45, 7) is 0.810. The molecule has 1 atom stereocenters. The van der Waals surface area contributed by atoms with Gasteiger partial charge in [0.1, 0.15) is 0 Å². The van der Waals surface area contributed by atoms with Gasteiger partial charge in [-0.1, -0.05) is 11.2 Å². The number of carbonyl (C=O) groups is 1. The Balaban J connectivity index is 1.33. The van der Waals surface area contributed by atoms with Gasteiger partial charge in [0.2, 0.25) is 17.6 Å². The molecule has 144 valence electrons. The summed E-state index contributed by atoms with van der Waals surface area (Å²) < 4.78 is 5.31. The Hall–Kier alpha value is -3.09. The first-order chi connectivity index (χ1) is 13.8. The minimum Gasteiger partial charge on any atom is -0.339 e. The molecule has 1 saturated heterocycles. The van der Waals surface area contributed by atoms with Gasteiger partial charge in [0.15, 0.2) is 0 Å². The largest absolute Gasteiger partial charge is 0.339 e. The van der Waals surface area contributed by atoms with Gasteiger partial charge >= 0.3 is 0 Å². The lowest BCUT2D eigenvalue weighted by Crippen LogP contribution is -2.38. The second-order valence-corrected chi connectivity index (χ2v) is 6.99. The second kappa shape index (κ2) is 8.73. The van der Waals surface area contributed by atoms with E-state index in [1.54, 1.807) is 18.6 Å². The molecule has 0 spiro atoms. The van der Waals surface area contributed by atoms with E-state index in [2.05, 4.69) is 26.2 Å². The maximum absolute atomic E-state index is 12.8. The summed E-state index contributed by atoms with van der Waals surface area (Å²) in [6.07, 6.45) is 12.0. The van der Waals surface area contributed by atoms with Crippen molar-refractivity contribution in [3.63, 3.8) is 0 Å². The third-order valence-corrected chi connectivity index (χ3v) is 5.06. The zero-order valence-electron chi connectivity index (χ0n) is 15.7. The van der Waals surface area contributed by atoms with Crippen molar-refractivity contribution in [2.75, 3.05) is 6.54 Å². The third-order valence-electron chi connectivity index (χ3n) is 5.06. The van der Waals surface area contributed by atoms with Crippen LogP contribution < -0.4 is 0 Å². The standard InChI is InChI=1S/C21H23N5O2/c27-20(26-13-2-1-8-18(26)16-6-4-11-22-14-16)10-3-9-19-24-21(25-28-19)17-7-5-12-23-15-17/h4-7,11-12,14-15,18H,1-3,8-10,13H2/t18-/m0/s1. The Morgan fingerprint density at radius 1 is 1.14 bits per heavy atom. The molecule has 4 rings (SSSR count). The molecule has 1 aliphatic rings. The molecule has 0 bridgehead atoms. The van der Waals surface area contributed by atoms with Crippen LogP contribution in [0.2, 0.25) is 0 Å². The van der Waals surface area contributed by atoms with Crippen molar-refractivity contribution < 1.29 is 9.32 Å². The highest BCUT2D eigenvalue weighted by molar-refractivity contribution is 5.76. The van der Waals surface area contributed by atoms with Crippen LogP contribution >= 0.6 is 0 Å². The molecule has 7 nitrogen and oxygen atoms in total. The molecule has 0 aromatic carbocycles. The number of likely N-dealkylation sites (tertiary alicyclic amines) is 1. The summed E-state index contributed by atoms with van der Waals surface area (Å²) in [6, 6.07) is 7.85. The first kappa shape index (κ1) is 18.3. The van der Waals surface area contributed by atoms with Gasteiger partial charge in [0, 0.05) is 49.7 Å². The summed E-state index contributed by atoms with van der Waals surface area (Å²) in [7, 11) is 0. The normalized spacial score (nSPS) is 16.9. The lowest BCUT2D eigenvalue weighted by atomic mass is 9.96. The number of carbonyl (C=O) groups excluding carboxylic acids is 1. The van der Waals surface area contributed by atoms with E-state index in [4.69, 9.17) is 4.52 Å². The van der Waals surface area contributed by atoms with Crippen LogP contribution in [0.1, 0.15) is 49.6 Å². The summed E-state index contributed by atoms with van der Waals surface area (Å²) >= 11 is 0. The minimum absolute atomic E-state index is 0.135. The number of piperidine rings is 1. The Labute approximate surface area is 163 Å². The SMILES string of the molecule is O=C(CCCc1nc(-c2cccnc2)no1)N1CCCC[C@H]1c1cccnc1. The molecule has 0 radical (unpaired) electrons. The van der Waals surface area contributed by atoms with Gasteiger partial charge in [-0.25, -0.2) is 0 Å². The van der Waals surface area contributed by atoms with Gasteiger partial charge in [-0.2, -0.15) is 4.98 Å². The number of hydrogen-bond donors (Lipinski definition) is 0. The van der Waals surface area contributed by atoms with Gasteiger partial charge < -0.3 is 9.42 Å². The monoisotopic (exact) mass is 377 g/mol. The number of hydrogen-bond acceptors (Lipinski definition) is 6. The van der Waals surface area contributed by atoms with Crippen molar-refractivity contribution in [2.24, 2.45) is 0 Å². The van der Waals surface area contributed by atoms with E-state index < -0.39 is 0 Å². The number of pyridine rings is 2. The highest BCUT2D eigenvalue weighted by Gasteiger charge is 2.27. The van der Waals surface area contributed by atoms with E-state index in [9.17, 15) is 4.79 Å². The quantitative estimate of drug-likeness (QED) is 0.652. The smallest absolute Gasteiger partial charge is 0.226 e. The zero-order chi connectivity index (χ0) is 19.2. The Kier molecular flexibility index (Phi) is 5.70. The highest BCUT2D eigenvalue weighted by atomic mass is 16.5. The van der Waals surface area contributed by atoms with Crippen LogP contribution in [0.4, 0.5) is 0 Å². The molecule has 3 aromatic heterocycles. The van der Waals surface area contributed by atoms with Gasteiger partial charge in [0.25, 0.3) is 0 Å². The molecule has 7 heteroatoms. The van der Waals surface area contributed by atoms with Crippen molar-refractivity contribution in [1.29, 1.82) is 0 Å². The molecular formula is C21H23N5O2. The van der Waals surface area contributed by atoms with E-state index >= 15 is 0 Å². The number of aryl methyl sites for hydroxylation is 1. The molecule has 3 aromatic rings. The summed E-state index contributed by atoms with van der Waals surface area (Å²) in [5.74, 6) is 1.26. The number of rotatable bonds is 6. The van der Waals surface area contributed by atoms with E-state index in [1.807, 2.05) is 29.3 Å². The maximum Gasteiger partial charge on any atom is 0.226 e. The van der Waals surface area contributed by atoms with Crippen LogP contribution in [-0.2, 0) is 11.2 Å². The molecule has 1 amide bonds. The fourth-order valence-electron chi connectivity index (χ4n) is 3.65. The fraction of sp³-hybridized carbons (Fsp3) is 0.381. The van der Waals surface area contributed by atoms with E-state index in [1.165, 1.54) is 0 Å². The molecular weight excluding hydrogens is 354 g/mol. The number of aromatic nitrogens is 4. The first-order valence-corrected chi connectivity index (χ1v) is 9.73. The van der Waals surface area contributed by atoms with Crippen molar-refractivity contribution in [2.45, 2.75) is 44.6 Å². The predicted octanol–water partition coefficient (Wildman–Crippen LogP) is 3.60. The van der Waals surface area contributed by atoms with E-state index in [0.717, 1.165) is 36.9 Å². The van der Waals surface area contributed by atoms with Gasteiger partial charge in [-0.3, -0.25) is 14.8 Å². The van der Waals surface area contributed by atoms with Gasteiger partial charge in [-0.15, -0.1) is 0 Å². The maximum atomic E-state index is 12.8. The molecule has 1 fully saturated rings. The first-order valence-electron chi connectivity index (χ1n) is 9.73. The highest BCUT2D eigenvalue weighted by Crippen LogP contribution is 2.31. The Morgan fingerprint density at radius 3 is 2.79 bits per heavy atom. The van der Waals surface area contributed by atoms with Gasteiger partial charge in [0.05, 0.1) is 6.04 Å². The fourth-order valence-corrected chi connectivity index (χ4v) is 3.65. The topological polar surface area (TPSA) is 85.0 Å². The summed E-state index contributed by atoms with van der Waals surface area (Å²) in [5, 5.41) is 4.00. The lowest BCUT2D eigenvalue weighted by molar-refractivity contribution is -0.135. The van der Waals surface area contributed by atoms with Crippen LogP contribution in [0.25, 0.3) is 11.4 Å². The van der Waals surface area contributed by atoms with Crippen LogP contribution in [0.3, 0.4) is 0 Å². The van der Waals surface area contributed by atoms with Crippen molar-refractivity contribution in [3.05, 3.63) is 60.5 Å². The predicted molar refractivity (Wildman–Crippen MR) is 103 cm³/mol. The third kappa shape index (κ3) is 4.24. The molecule has 0 N–H and O–H groups in total. The molecule has 0 aliphatic carbocycles. The minimum atomic E-state index is 0.135. The van der Waals surface area contributed by atoms with Gasteiger partial charge in [-0.05, 0) is 49.4 Å². The molecule has 4 heterocycles. The van der Waals surface area contributed by atoms with Crippen molar-refractivity contribution >= 4 is 5.91 Å². The lowest BCUT2D eigenvalue weighted by Gasteiger charge is -2.36. The van der Waals surface area contributed by atoms with Crippen LogP contribution in [0.15, 0.2) is 53.6 Å². The molecule has 1 aliphatic heterocycles. The number of nitrogens with zero attached hydrogens (tertiary/aromatic N) is 5. The summed E-state index contributed by atoms with van der Waals surface area (Å²) in [5.41, 5.74) is 1.94. The average molecular weight is 377 g/mol.